The first kappa shape index (κ1) is 18.5. The van der Waals surface area contributed by atoms with Crippen molar-refractivity contribution in [3.63, 3.8) is 0 Å². The van der Waals surface area contributed by atoms with E-state index < -0.39 is 24.0 Å². The zero-order chi connectivity index (χ0) is 18.2. The molecule has 0 N–H and O–H groups in total. The van der Waals surface area contributed by atoms with E-state index in [9.17, 15) is 4.39 Å². The molecule has 1 aromatic rings. The summed E-state index contributed by atoms with van der Waals surface area (Å²) >= 11 is 0. The number of nitrogens with zero attached hydrogens (tertiary/aromatic N) is 4. The number of aromatic nitrogens is 3. The molecule has 138 valence electrons. The zero-order valence-electron chi connectivity index (χ0n) is 15.8. The maximum absolute atomic E-state index is 14.5. The molecule has 6 nitrogen and oxygen atoms in total. The van der Waals surface area contributed by atoms with Gasteiger partial charge in [0.05, 0.1) is 17.4 Å². The fraction of sp³-hybridized carbons (Fsp3) is 0.765. The minimum absolute atomic E-state index is 0.483. The summed E-state index contributed by atoms with van der Waals surface area (Å²) < 4.78 is 27.7. The van der Waals surface area contributed by atoms with Crippen LogP contribution in [-0.4, -0.2) is 57.8 Å². The zero-order valence-corrected chi connectivity index (χ0v) is 15.8. The number of hydrogen-bond donors (Lipinski definition) is 0. The van der Waals surface area contributed by atoms with Crippen LogP contribution in [0.5, 0.6) is 0 Å². The highest BCUT2D eigenvalue weighted by atomic mass is 19.1. The number of likely N-dealkylation sites (tertiary alicyclic amines) is 1. The van der Waals surface area contributed by atoms with Crippen molar-refractivity contribution in [2.45, 2.75) is 58.8 Å². The predicted octanol–water partition coefficient (Wildman–Crippen LogP) is 2.56. The van der Waals surface area contributed by atoms with Gasteiger partial charge in [-0.05, 0) is 46.7 Å². The van der Waals surface area contributed by atoms with Gasteiger partial charge >= 0.3 is 7.12 Å². The standard InChI is InChI=1S/C17H28BFN4O2/c1-6-7-22-9-13(10-22)11-23-12-14(20-21-23)8-15(19)18-24-16(2,3)17(4,5)25-18/h8,12-13H,6-7,9-11H2,1-5H3. The molecule has 0 atom stereocenters. The third-order valence-electron chi connectivity index (χ3n) is 5.34. The summed E-state index contributed by atoms with van der Waals surface area (Å²) in [5, 5.41) is 8.14. The largest absolute Gasteiger partial charge is 0.525 e. The Morgan fingerprint density at radius 2 is 1.96 bits per heavy atom. The van der Waals surface area contributed by atoms with Crippen LogP contribution in [-0.2, 0) is 15.9 Å². The van der Waals surface area contributed by atoms with Crippen LogP contribution in [0.2, 0.25) is 0 Å². The molecule has 3 heterocycles. The Bertz CT molecular complexity index is 624. The molecule has 0 aliphatic carbocycles. The second-order valence-corrected chi connectivity index (χ2v) is 8.11. The molecular weight excluding hydrogens is 322 g/mol. The van der Waals surface area contributed by atoms with E-state index in [-0.39, 0.29) is 0 Å². The van der Waals surface area contributed by atoms with Crippen molar-refractivity contribution >= 4 is 13.2 Å². The maximum atomic E-state index is 14.5. The quantitative estimate of drug-likeness (QED) is 0.738. The van der Waals surface area contributed by atoms with E-state index in [1.165, 1.54) is 12.5 Å². The van der Waals surface area contributed by atoms with E-state index in [4.69, 9.17) is 9.31 Å². The van der Waals surface area contributed by atoms with Crippen molar-refractivity contribution in [2.24, 2.45) is 5.92 Å². The maximum Gasteiger partial charge on any atom is 0.525 e. The van der Waals surface area contributed by atoms with Crippen molar-refractivity contribution in [1.29, 1.82) is 0 Å². The Morgan fingerprint density at radius 3 is 2.56 bits per heavy atom. The highest BCUT2D eigenvalue weighted by molar-refractivity contribution is 6.54. The van der Waals surface area contributed by atoms with Gasteiger partial charge in [-0.15, -0.1) is 5.10 Å². The Labute approximate surface area is 149 Å². The topological polar surface area (TPSA) is 52.4 Å². The van der Waals surface area contributed by atoms with Crippen LogP contribution in [0.15, 0.2) is 11.9 Å². The molecule has 0 saturated carbocycles. The van der Waals surface area contributed by atoms with Crippen molar-refractivity contribution in [3.05, 3.63) is 17.6 Å². The molecule has 0 unspecified atom stereocenters. The summed E-state index contributed by atoms with van der Waals surface area (Å²) in [5.74, 6) is 0.595. The van der Waals surface area contributed by atoms with Crippen LogP contribution in [0.25, 0.3) is 6.08 Å². The molecule has 2 aliphatic rings. The summed E-state index contributed by atoms with van der Waals surface area (Å²) in [6, 6.07) is 0. The average Bonchev–Trinajstić information content (AvgIpc) is 2.99. The van der Waals surface area contributed by atoms with E-state index in [2.05, 4.69) is 22.1 Å². The molecule has 0 amide bonds. The van der Waals surface area contributed by atoms with Gasteiger partial charge in [0, 0.05) is 25.6 Å². The number of hydrogen-bond acceptors (Lipinski definition) is 5. The average molecular weight is 350 g/mol. The molecular formula is C17H28BFN4O2. The van der Waals surface area contributed by atoms with E-state index in [0.29, 0.717) is 11.6 Å². The second-order valence-electron chi connectivity index (χ2n) is 8.11. The Morgan fingerprint density at radius 1 is 1.32 bits per heavy atom. The first-order valence-electron chi connectivity index (χ1n) is 9.05. The van der Waals surface area contributed by atoms with Crippen molar-refractivity contribution in [1.82, 2.24) is 19.9 Å². The molecule has 2 saturated heterocycles. The van der Waals surface area contributed by atoms with Gasteiger partial charge in [-0.2, -0.15) is 0 Å². The van der Waals surface area contributed by atoms with Crippen molar-refractivity contribution in [2.75, 3.05) is 19.6 Å². The molecule has 3 rings (SSSR count). The van der Waals surface area contributed by atoms with Gasteiger partial charge in [-0.3, -0.25) is 4.68 Å². The first-order chi connectivity index (χ1) is 11.7. The lowest BCUT2D eigenvalue weighted by molar-refractivity contribution is 0.00578. The minimum atomic E-state index is -0.996. The Kier molecular flexibility index (Phi) is 5.05. The van der Waals surface area contributed by atoms with Crippen molar-refractivity contribution < 1.29 is 13.7 Å². The molecule has 0 spiro atoms. The van der Waals surface area contributed by atoms with Crippen LogP contribution in [0.4, 0.5) is 4.39 Å². The summed E-state index contributed by atoms with van der Waals surface area (Å²) in [4.78, 5) is 2.43. The monoisotopic (exact) mass is 350 g/mol. The Hall–Kier alpha value is -1.25. The number of halogens is 1. The lowest BCUT2D eigenvalue weighted by atomic mass is 9.87. The summed E-state index contributed by atoms with van der Waals surface area (Å²) in [7, 11) is -0.996. The molecule has 8 heteroatoms. The van der Waals surface area contributed by atoms with Crippen LogP contribution in [0.1, 0.15) is 46.7 Å². The first-order valence-corrected chi connectivity index (χ1v) is 9.05. The SMILES string of the molecule is CCCN1CC(Cn2cc(C=C(F)B3OC(C)(C)C(C)(C)O3)nn2)C1. The highest BCUT2D eigenvalue weighted by Gasteiger charge is 2.53. The lowest BCUT2D eigenvalue weighted by Crippen LogP contribution is -2.48. The molecule has 2 fully saturated rings. The van der Waals surface area contributed by atoms with Gasteiger partial charge in [0.25, 0.3) is 0 Å². The molecule has 0 radical (unpaired) electrons. The lowest BCUT2D eigenvalue weighted by Gasteiger charge is -2.38. The van der Waals surface area contributed by atoms with Crippen LogP contribution in [0.3, 0.4) is 0 Å². The van der Waals surface area contributed by atoms with Crippen LogP contribution >= 0.6 is 0 Å². The van der Waals surface area contributed by atoms with E-state index in [1.54, 1.807) is 10.9 Å². The predicted molar refractivity (Wildman–Crippen MR) is 95.4 cm³/mol. The smallest absolute Gasteiger partial charge is 0.398 e. The van der Waals surface area contributed by atoms with E-state index in [1.807, 2.05) is 27.7 Å². The van der Waals surface area contributed by atoms with Gasteiger partial charge in [-0.25, -0.2) is 4.39 Å². The van der Waals surface area contributed by atoms with E-state index in [0.717, 1.165) is 26.2 Å². The Balaban J connectivity index is 1.57. The number of rotatable bonds is 6. The fourth-order valence-electron chi connectivity index (χ4n) is 3.19. The van der Waals surface area contributed by atoms with Gasteiger partial charge in [-0.1, -0.05) is 12.1 Å². The summed E-state index contributed by atoms with van der Waals surface area (Å²) in [6.07, 6.45) is 4.30. The fourth-order valence-corrected chi connectivity index (χ4v) is 3.19. The van der Waals surface area contributed by atoms with Crippen LogP contribution < -0.4 is 0 Å². The second kappa shape index (κ2) is 6.81. The highest BCUT2D eigenvalue weighted by Crippen LogP contribution is 2.38. The summed E-state index contributed by atoms with van der Waals surface area (Å²) in [5.41, 5.74) is -1.12. The molecule has 2 aliphatic heterocycles. The minimum Gasteiger partial charge on any atom is -0.398 e. The molecule has 1 aromatic heterocycles. The molecule has 0 aromatic carbocycles. The third-order valence-corrected chi connectivity index (χ3v) is 5.34. The third kappa shape index (κ3) is 3.96. The van der Waals surface area contributed by atoms with Gasteiger partial charge in [0.2, 0.25) is 0 Å². The van der Waals surface area contributed by atoms with Crippen LogP contribution in [0, 0.1) is 5.92 Å². The van der Waals surface area contributed by atoms with Gasteiger partial charge < -0.3 is 14.2 Å². The normalized spacial score (nSPS) is 23.9. The van der Waals surface area contributed by atoms with Crippen molar-refractivity contribution in [3.8, 4) is 0 Å². The van der Waals surface area contributed by atoms with E-state index >= 15 is 0 Å². The molecule has 25 heavy (non-hydrogen) atoms. The van der Waals surface area contributed by atoms with Gasteiger partial charge in [0.15, 0.2) is 0 Å². The van der Waals surface area contributed by atoms with Gasteiger partial charge in [0.1, 0.15) is 11.4 Å². The molecule has 0 bridgehead atoms. The summed E-state index contributed by atoms with van der Waals surface area (Å²) in [6.45, 7) is 14.0.